The highest BCUT2D eigenvalue weighted by molar-refractivity contribution is 5.86. The Kier molecular flexibility index (Phi) is 3.48. The van der Waals surface area contributed by atoms with E-state index < -0.39 is 0 Å². The molecule has 2 aromatic rings. The van der Waals surface area contributed by atoms with Crippen LogP contribution in [-0.4, -0.2) is 45.5 Å². The number of hydrogen-bond acceptors (Lipinski definition) is 6. The Morgan fingerprint density at radius 3 is 3.20 bits per heavy atom. The average Bonchev–Trinajstić information content (AvgIpc) is 2.88. The Morgan fingerprint density at radius 2 is 2.40 bits per heavy atom. The van der Waals surface area contributed by atoms with Crippen LogP contribution in [-0.2, 0) is 11.3 Å². The number of ether oxygens (including phenoxy) is 1. The van der Waals surface area contributed by atoms with Gasteiger partial charge in [-0.25, -0.2) is 14.6 Å². The zero-order valence-electron chi connectivity index (χ0n) is 11.4. The van der Waals surface area contributed by atoms with Crippen molar-refractivity contribution in [3.05, 3.63) is 12.5 Å². The fourth-order valence-electron chi connectivity index (χ4n) is 2.46. The van der Waals surface area contributed by atoms with Crippen molar-refractivity contribution in [2.75, 3.05) is 24.6 Å². The molecule has 0 amide bonds. The van der Waals surface area contributed by atoms with E-state index in [-0.39, 0.29) is 6.10 Å². The monoisotopic (exact) mass is 272 g/mol. The van der Waals surface area contributed by atoms with E-state index in [4.69, 9.17) is 10.00 Å². The zero-order chi connectivity index (χ0) is 13.9. The summed E-state index contributed by atoms with van der Waals surface area (Å²) >= 11 is 0. The molecular weight excluding hydrogens is 256 g/mol. The molecule has 1 aliphatic heterocycles. The molecule has 0 saturated carbocycles. The standard InChI is InChI=1S/C13H16N6O/c1-10-8-18(5-6-20-10)12-11-7-17-19(4-2-3-14)13(11)16-9-15-12/h7,9-10H,2,4-6,8H2,1H3/t10-/m1/s1. The molecule has 1 atom stereocenters. The van der Waals surface area contributed by atoms with Crippen LogP contribution in [0.2, 0.25) is 0 Å². The van der Waals surface area contributed by atoms with Crippen molar-refractivity contribution >= 4 is 16.9 Å². The van der Waals surface area contributed by atoms with Gasteiger partial charge in [-0.3, -0.25) is 0 Å². The largest absolute Gasteiger partial charge is 0.375 e. The summed E-state index contributed by atoms with van der Waals surface area (Å²) in [5, 5.41) is 13.9. The van der Waals surface area contributed by atoms with Crippen molar-refractivity contribution in [3.63, 3.8) is 0 Å². The second-order valence-corrected chi connectivity index (χ2v) is 4.84. The summed E-state index contributed by atoms with van der Waals surface area (Å²) in [4.78, 5) is 10.9. The summed E-state index contributed by atoms with van der Waals surface area (Å²) in [5.74, 6) is 0.897. The maximum Gasteiger partial charge on any atom is 0.163 e. The predicted octanol–water partition coefficient (Wildman–Crippen LogP) is 0.965. The summed E-state index contributed by atoms with van der Waals surface area (Å²) < 4.78 is 7.32. The number of anilines is 1. The third-order valence-corrected chi connectivity index (χ3v) is 3.39. The van der Waals surface area contributed by atoms with Gasteiger partial charge < -0.3 is 9.64 Å². The van der Waals surface area contributed by atoms with Crippen molar-refractivity contribution in [2.45, 2.75) is 26.0 Å². The van der Waals surface area contributed by atoms with Crippen LogP contribution >= 0.6 is 0 Å². The van der Waals surface area contributed by atoms with Gasteiger partial charge in [0, 0.05) is 13.1 Å². The lowest BCUT2D eigenvalue weighted by atomic mass is 10.2. The molecule has 2 aromatic heterocycles. The molecule has 7 nitrogen and oxygen atoms in total. The van der Waals surface area contributed by atoms with Crippen molar-refractivity contribution in [1.82, 2.24) is 19.7 Å². The molecule has 104 valence electrons. The summed E-state index contributed by atoms with van der Waals surface area (Å²) in [6.07, 6.45) is 3.96. The maximum absolute atomic E-state index is 8.68. The quantitative estimate of drug-likeness (QED) is 0.828. The average molecular weight is 272 g/mol. The van der Waals surface area contributed by atoms with E-state index in [0.29, 0.717) is 19.6 Å². The molecule has 0 aliphatic carbocycles. The van der Waals surface area contributed by atoms with Gasteiger partial charge in [0.05, 0.1) is 43.3 Å². The van der Waals surface area contributed by atoms with Gasteiger partial charge in [-0.2, -0.15) is 10.4 Å². The minimum Gasteiger partial charge on any atom is -0.375 e. The van der Waals surface area contributed by atoms with E-state index in [1.54, 1.807) is 17.2 Å². The van der Waals surface area contributed by atoms with Crippen molar-refractivity contribution in [3.8, 4) is 6.07 Å². The molecule has 0 unspecified atom stereocenters. The van der Waals surface area contributed by atoms with Crippen LogP contribution in [0.1, 0.15) is 13.3 Å². The van der Waals surface area contributed by atoms with Crippen LogP contribution in [0.25, 0.3) is 11.0 Å². The van der Waals surface area contributed by atoms with Crippen LogP contribution in [0, 0.1) is 11.3 Å². The Bertz CT molecular complexity index is 646. The summed E-state index contributed by atoms with van der Waals surface area (Å²) in [6.45, 7) is 4.95. The van der Waals surface area contributed by atoms with Crippen molar-refractivity contribution < 1.29 is 4.74 Å². The van der Waals surface area contributed by atoms with E-state index in [1.165, 1.54) is 0 Å². The van der Waals surface area contributed by atoms with E-state index in [9.17, 15) is 0 Å². The molecule has 0 bridgehead atoms. The Balaban J connectivity index is 1.95. The molecular formula is C13H16N6O. The molecule has 0 N–H and O–H groups in total. The van der Waals surface area contributed by atoms with Gasteiger partial charge in [0.2, 0.25) is 0 Å². The predicted molar refractivity (Wildman–Crippen MR) is 73.2 cm³/mol. The molecule has 0 radical (unpaired) electrons. The van der Waals surface area contributed by atoms with Gasteiger partial charge >= 0.3 is 0 Å². The topological polar surface area (TPSA) is 79.9 Å². The number of nitriles is 1. The van der Waals surface area contributed by atoms with E-state index >= 15 is 0 Å². The summed E-state index contributed by atoms with van der Waals surface area (Å²) in [7, 11) is 0. The molecule has 7 heteroatoms. The Morgan fingerprint density at radius 1 is 1.50 bits per heavy atom. The van der Waals surface area contributed by atoms with Gasteiger partial charge in [-0.1, -0.05) is 0 Å². The fourth-order valence-corrected chi connectivity index (χ4v) is 2.46. The van der Waals surface area contributed by atoms with Gasteiger partial charge in [0.25, 0.3) is 0 Å². The molecule has 20 heavy (non-hydrogen) atoms. The maximum atomic E-state index is 8.68. The lowest BCUT2D eigenvalue weighted by Crippen LogP contribution is -2.41. The first-order chi connectivity index (χ1) is 9.79. The lowest BCUT2D eigenvalue weighted by molar-refractivity contribution is 0.0530. The zero-order valence-corrected chi connectivity index (χ0v) is 11.4. The second-order valence-electron chi connectivity index (χ2n) is 4.84. The molecule has 3 heterocycles. The Hall–Kier alpha value is -2.20. The number of hydrogen-bond donors (Lipinski definition) is 0. The first kappa shape index (κ1) is 12.8. The van der Waals surface area contributed by atoms with E-state index in [1.807, 2.05) is 0 Å². The normalized spacial score (nSPS) is 19.2. The van der Waals surface area contributed by atoms with Crippen LogP contribution in [0.15, 0.2) is 12.5 Å². The second kappa shape index (κ2) is 5.43. The summed E-state index contributed by atoms with van der Waals surface area (Å²) in [6, 6.07) is 2.12. The fraction of sp³-hybridized carbons (Fsp3) is 0.538. The van der Waals surface area contributed by atoms with E-state index in [0.717, 1.165) is 29.9 Å². The number of aromatic nitrogens is 4. The SMILES string of the molecule is C[C@@H]1CN(c2ncnc3c2cnn3CCC#N)CCO1. The first-order valence-corrected chi connectivity index (χ1v) is 6.69. The molecule has 0 spiro atoms. The number of rotatable bonds is 3. The van der Waals surface area contributed by atoms with Gasteiger partial charge in [-0.15, -0.1) is 0 Å². The highest BCUT2D eigenvalue weighted by Gasteiger charge is 2.21. The van der Waals surface area contributed by atoms with Crippen LogP contribution < -0.4 is 4.90 Å². The molecule has 3 rings (SSSR count). The van der Waals surface area contributed by atoms with E-state index in [2.05, 4.69) is 33.0 Å². The van der Waals surface area contributed by atoms with Crippen molar-refractivity contribution in [1.29, 1.82) is 5.26 Å². The molecule has 1 fully saturated rings. The van der Waals surface area contributed by atoms with Crippen LogP contribution in [0.5, 0.6) is 0 Å². The summed E-state index contributed by atoms with van der Waals surface area (Å²) in [5.41, 5.74) is 0.782. The van der Waals surface area contributed by atoms with Crippen LogP contribution in [0.4, 0.5) is 5.82 Å². The minimum absolute atomic E-state index is 0.197. The first-order valence-electron chi connectivity index (χ1n) is 6.69. The highest BCUT2D eigenvalue weighted by atomic mass is 16.5. The highest BCUT2D eigenvalue weighted by Crippen LogP contribution is 2.24. The Labute approximate surface area is 116 Å². The van der Waals surface area contributed by atoms with Crippen molar-refractivity contribution in [2.24, 2.45) is 0 Å². The lowest BCUT2D eigenvalue weighted by Gasteiger charge is -2.32. The van der Waals surface area contributed by atoms with Crippen LogP contribution in [0.3, 0.4) is 0 Å². The van der Waals surface area contributed by atoms with Gasteiger partial charge in [0.1, 0.15) is 12.1 Å². The smallest absolute Gasteiger partial charge is 0.163 e. The molecule has 1 saturated heterocycles. The number of aryl methyl sites for hydroxylation is 1. The minimum atomic E-state index is 0.197. The number of nitrogens with zero attached hydrogens (tertiary/aromatic N) is 6. The number of morpholine rings is 1. The third kappa shape index (κ3) is 2.30. The van der Waals surface area contributed by atoms with Gasteiger partial charge in [0.15, 0.2) is 5.65 Å². The number of fused-ring (bicyclic) bond motifs is 1. The van der Waals surface area contributed by atoms with Gasteiger partial charge in [-0.05, 0) is 6.92 Å². The molecule has 1 aliphatic rings. The third-order valence-electron chi connectivity index (χ3n) is 3.39. The molecule has 0 aromatic carbocycles.